The van der Waals surface area contributed by atoms with E-state index in [4.69, 9.17) is 23.2 Å². The van der Waals surface area contributed by atoms with Crippen molar-refractivity contribution >= 4 is 43.9 Å². The van der Waals surface area contributed by atoms with Crippen LogP contribution in [0.3, 0.4) is 0 Å². The van der Waals surface area contributed by atoms with Crippen molar-refractivity contribution in [2.45, 2.75) is 29.8 Å². The van der Waals surface area contributed by atoms with E-state index in [0.29, 0.717) is 0 Å². The summed E-state index contributed by atoms with van der Waals surface area (Å²) in [5.41, 5.74) is 15.5. The van der Waals surface area contributed by atoms with Crippen LogP contribution in [0, 0.1) is 0 Å². The van der Waals surface area contributed by atoms with E-state index in [0.717, 1.165) is 16.7 Å². The molecule has 4 heteroatoms. The Morgan fingerprint density at radius 1 is 0.465 bits per heavy atom. The molecule has 2 unspecified atom stereocenters. The Bertz CT molecular complexity index is 1900. The number of rotatable bonds is 5. The van der Waals surface area contributed by atoms with E-state index in [1.807, 2.05) is 0 Å². The maximum Gasteiger partial charge on any atom is 0.118 e. The van der Waals surface area contributed by atoms with Crippen molar-refractivity contribution < 1.29 is 26.2 Å². The molecule has 7 rings (SSSR count). The molecule has 0 spiro atoms. The third-order valence-electron chi connectivity index (χ3n) is 9.04. The molecule has 0 heterocycles. The fraction of sp³-hybridized carbons (Fsp3) is 0.128. The monoisotopic (exact) mass is 686 g/mol. The summed E-state index contributed by atoms with van der Waals surface area (Å²) in [5, 5.41) is 0. The summed E-state index contributed by atoms with van der Waals surface area (Å²) in [5.74, 6) is 0. The molecular weight excluding hydrogens is 659 g/mol. The van der Waals surface area contributed by atoms with E-state index < -0.39 is 8.99 Å². The van der Waals surface area contributed by atoms with Gasteiger partial charge in [0.2, 0.25) is 0 Å². The van der Waals surface area contributed by atoms with E-state index in [1.54, 1.807) is 0 Å². The van der Waals surface area contributed by atoms with E-state index in [2.05, 4.69) is 148 Å². The molecule has 5 aromatic rings. The van der Waals surface area contributed by atoms with Crippen LogP contribution < -0.4 is 0 Å². The van der Waals surface area contributed by atoms with Crippen LogP contribution in [0.25, 0.3) is 33.4 Å². The minimum absolute atomic E-state index is 0. The van der Waals surface area contributed by atoms with E-state index >= 15 is 0 Å². The molecule has 2 aliphatic rings. The Labute approximate surface area is 286 Å². The molecule has 208 valence electrons. The van der Waals surface area contributed by atoms with Crippen molar-refractivity contribution in [3.63, 3.8) is 0 Å². The van der Waals surface area contributed by atoms with Gasteiger partial charge >= 0.3 is 0 Å². The van der Waals surface area contributed by atoms with Crippen LogP contribution in [-0.2, 0) is 35.2 Å². The zero-order chi connectivity index (χ0) is 29.1. The largest absolute Gasteiger partial charge is 0.118 e. The molecule has 2 aliphatic carbocycles. The number of hydrogen-bond donors (Lipinski definition) is 0. The summed E-state index contributed by atoms with van der Waals surface area (Å²) >= 11 is 15.9. The second kappa shape index (κ2) is 11.6. The van der Waals surface area contributed by atoms with Crippen LogP contribution in [0.4, 0.5) is 0 Å². The molecule has 0 fully saturated rings. The van der Waals surface area contributed by atoms with Gasteiger partial charge in [0.25, 0.3) is 0 Å². The van der Waals surface area contributed by atoms with Gasteiger partial charge in [-0.2, -0.15) is 0 Å². The summed E-state index contributed by atoms with van der Waals surface area (Å²) < 4.78 is -1.49. The van der Waals surface area contributed by atoms with Gasteiger partial charge < -0.3 is 0 Å². The van der Waals surface area contributed by atoms with Crippen LogP contribution in [0.15, 0.2) is 139 Å². The first-order chi connectivity index (χ1) is 20.3. The summed E-state index contributed by atoms with van der Waals surface area (Å²) in [6, 6.07) is 45.0. The zero-order valence-corrected chi connectivity index (χ0v) is 29.4. The third kappa shape index (κ3) is 4.74. The molecular formula is C39H30Cl2SiZr. The molecule has 2 atom stereocenters. The molecule has 5 aromatic carbocycles. The minimum Gasteiger partial charge on any atom is -0.114 e. The van der Waals surface area contributed by atoms with Crippen molar-refractivity contribution in [2.24, 2.45) is 0 Å². The maximum atomic E-state index is 8.01. The average molecular weight is 689 g/mol. The number of halogens is 2. The first kappa shape index (κ1) is 30.3. The van der Waals surface area contributed by atoms with E-state index in [9.17, 15) is 0 Å². The van der Waals surface area contributed by atoms with Crippen molar-refractivity contribution in [1.29, 1.82) is 0 Å². The van der Waals surface area contributed by atoms with Gasteiger partial charge in [0.15, 0.2) is 0 Å². The summed E-state index contributed by atoms with van der Waals surface area (Å²) in [4.78, 5) is 0. The van der Waals surface area contributed by atoms with E-state index in [1.165, 1.54) is 55.7 Å². The standard InChI is InChI=1S/C39H30Cl2Si.Zr/c1-25-26(2)38(40,33-23-13-21-31(35(25)33)28-15-7-4-8-16-28)42-39(41)27(3)36(30-19-11-6-12-20-30)37-32(22-14-24-34(37)39)29-17-9-5-10-18-29;/h4-24H,1-3H3;. The van der Waals surface area contributed by atoms with Gasteiger partial charge in [-0.05, 0) is 93.1 Å². The molecule has 0 nitrogen and oxygen atoms in total. The SMILES string of the molecule is CC1=C(C)C(Cl)([Si]C2(Cl)C(C)=C(c3ccccc3)c3c(-c4ccccc4)cccc32)c2cccc(-c3ccccc3)c21.[Zr]. The van der Waals surface area contributed by atoms with Crippen LogP contribution in [-0.4, -0.2) is 9.52 Å². The van der Waals surface area contributed by atoms with Gasteiger partial charge in [-0.1, -0.05) is 127 Å². The first-order valence-electron chi connectivity index (χ1n) is 14.3. The van der Waals surface area contributed by atoms with Gasteiger partial charge in [-0.3, -0.25) is 0 Å². The zero-order valence-electron chi connectivity index (χ0n) is 24.4. The summed E-state index contributed by atoms with van der Waals surface area (Å²) in [7, 11) is 0.180. The Morgan fingerprint density at radius 3 is 1.40 bits per heavy atom. The molecule has 0 saturated carbocycles. The number of benzene rings is 5. The Morgan fingerprint density at radius 2 is 0.884 bits per heavy atom. The first-order valence-corrected chi connectivity index (χ1v) is 16.1. The normalized spacial score (nSPS) is 20.6. The maximum absolute atomic E-state index is 8.01. The Balaban J connectivity index is 0.00000329. The van der Waals surface area contributed by atoms with Gasteiger partial charge in [-0.25, -0.2) is 0 Å². The fourth-order valence-electron chi connectivity index (χ4n) is 6.80. The van der Waals surface area contributed by atoms with Gasteiger partial charge in [0.05, 0.1) is 8.99 Å². The topological polar surface area (TPSA) is 0 Å². The number of alkyl halides is 2. The fourth-order valence-corrected chi connectivity index (χ4v) is 10.2. The molecule has 0 amide bonds. The van der Waals surface area contributed by atoms with Crippen LogP contribution in [0.1, 0.15) is 48.6 Å². The van der Waals surface area contributed by atoms with Crippen molar-refractivity contribution in [3.05, 3.63) is 166 Å². The van der Waals surface area contributed by atoms with Gasteiger partial charge in [0, 0.05) is 26.2 Å². The Hall–Kier alpha value is -2.74. The molecule has 0 saturated heterocycles. The molecule has 43 heavy (non-hydrogen) atoms. The molecule has 0 N–H and O–H groups in total. The molecule has 0 bridgehead atoms. The van der Waals surface area contributed by atoms with Crippen molar-refractivity contribution in [1.82, 2.24) is 0 Å². The second-order valence-corrected chi connectivity index (χ2v) is 14.8. The second-order valence-electron chi connectivity index (χ2n) is 11.2. The third-order valence-corrected chi connectivity index (χ3v) is 12.6. The van der Waals surface area contributed by atoms with Crippen LogP contribution in [0.2, 0.25) is 0 Å². The summed E-state index contributed by atoms with van der Waals surface area (Å²) in [6.07, 6.45) is 0. The van der Waals surface area contributed by atoms with Gasteiger partial charge in [0.1, 0.15) is 9.52 Å². The van der Waals surface area contributed by atoms with Crippen molar-refractivity contribution in [2.75, 3.05) is 0 Å². The van der Waals surface area contributed by atoms with E-state index in [-0.39, 0.29) is 35.7 Å². The predicted molar refractivity (Wildman–Crippen MR) is 181 cm³/mol. The number of hydrogen-bond acceptors (Lipinski definition) is 0. The minimum atomic E-state index is -0.765. The number of allylic oxidation sites excluding steroid dienone is 3. The smallest absolute Gasteiger partial charge is 0.114 e. The number of fused-ring (bicyclic) bond motifs is 2. The Kier molecular flexibility index (Phi) is 8.20. The quantitative estimate of drug-likeness (QED) is 0.127. The average Bonchev–Trinajstić information content (AvgIpc) is 3.37. The molecule has 0 aromatic heterocycles. The molecule has 0 aliphatic heterocycles. The predicted octanol–water partition coefficient (Wildman–Crippen LogP) is 10.8. The van der Waals surface area contributed by atoms with Crippen LogP contribution >= 0.6 is 23.2 Å². The molecule has 2 radical (unpaired) electrons. The van der Waals surface area contributed by atoms with Gasteiger partial charge in [-0.15, -0.1) is 23.2 Å². The van der Waals surface area contributed by atoms with Crippen LogP contribution in [0.5, 0.6) is 0 Å². The summed E-state index contributed by atoms with van der Waals surface area (Å²) in [6.45, 7) is 6.61. The van der Waals surface area contributed by atoms with Crippen molar-refractivity contribution in [3.8, 4) is 22.3 Å².